The Labute approximate surface area is 190 Å². The molecule has 2 N–H and O–H groups in total. The molecule has 4 aromatic rings. The van der Waals surface area contributed by atoms with E-state index in [0.29, 0.717) is 30.5 Å². The third-order valence-electron chi connectivity index (χ3n) is 6.81. The quantitative estimate of drug-likeness (QED) is 0.502. The fourth-order valence-electron chi connectivity index (χ4n) is 5.28. The number of H-pyrrole nitrogens is 1. The fraction of sp³-hybridized carbons (Fsp3) is 0.185. The number of carbonyl (C=O) groups excluding carboxylic acids is 2. The van der Waals surface area contributed by atoms with Crippen LogP contribution in [-0.2, 0) is 17.6 Å². The zero-order valence-electron chi connectivity index (χ0n) is 17.8. The number of nitrogens with one attached hydrogen (secondary N) is 2. The molecule has 3 heterocycles. The largest absolute Gasteiger partial charge is 0.356 e. The monoisotopic (exact) mass is 439 g/mol. The number of rotatable bonds is 4. The molecular formula is C27H22FN3O2. The zero-order valence-corrected chi connectivity index (χ0v) is 17.8. The molecule has 0 spiro atoms. The van der Waals surface area contributed by atoms with Crippen molar-refractivity contribution in [2.45, 2.75) is 24.9 Å². The summed E-state index contributed by atoms with van der Waals surface area (Å²) in [6.07, 6.45) is 0.822. The number of aromatic amines is 1. The molecule has 0 unspecified atom stereocenters. The Bertz CT molecular complexity index is 1410. The molecule has 0 saturated carbocycles. The molecule has 0 saturated heterocycles. The second kappa shape index (κ2) is 7.59. The lowest BCUT2D eigenvalue weighted by molar-refractivity contribution is -0.126. The van der Waals surface area contributed by atoms with Gasteiger partial charge in [0, 0.05) is 35.1 Å². The summed E-state index contributed by atoms with van der Waals surface area (Å²) < 4.78 is 14.0. The lowest BCUT2D eigenvalue weighted by Gasteiger charge is -2.37. The van der Waals surface area contributed by atoms with Crippen molar-refractivity contribution in [1.29, 1.82) is 0 Å². The van der Waals surface area contributed by atoms with Crippen LogP contribution in [-0.4, -0.2) is 34.3 Å². The Morgan fingerprint density at radius 2 is 1.79 bits per heavy atom. The van der Waals surface area contributed by atoms with Crippen molar-refractivity contribution in [2.75, 3.05) is 6.54 Å². The predicted molar refractivity (Wildman–Crippen MR) is 123 cm³/mol. The summed E-state index contributed by atoms with van der Waals surface area (Å²) in [4.78, 5) is 32.0. The van der Waals surface area contributed by atoms with Gasteiger partial charge in [0.15, 0.2) is 0 Å². The lowest BCUT2D eigenvalue weighted by Crippen LogP contribution is -2.52. The predicted octanol–water partition coefficient (Wildman–Crippen LogP) is 4.14. The number of hydrogen-bond donors (Lipinski definition) is 2. The minimum atomic E-state index is -0.637. The van der Waals surface area contributed by atoms with Crippen LogP contribution in [0.25, 0.3) is 10.9 Å². The number of para-hydroxylation sites is 1. The van der Waals surface area contributed by atoms with E-state index < -0.39 is 6.04 Å². The van der Waals surface area contributed by atoms with E-state index in [4.69, 9.17) is 0 Å². The van der Waals surface area contributed by atoms with Crippen LogP contribution in [0.4, 0.5) is 4.39 Å². The topological polar surface area (TPSA) is 65.2 Å². The van der Waals surface area contributed by atoms with E-state index >= 15 is 0 Å². The first-order valence-electron chi connectivity index (χ1n) is 11.2. The molecular weight excluding hydrogens is 417 g/mol. The molecule has 5 nitrogen and oxygen atoms in total. The molecule has 2 atom stereocenters. The first-order valence-corrected chi connectivity index (χ1v) is 11.2. The van der Waals surface area contributed by atoms with E-state index in [-0.39, 0.29) is 23.7 Å². The van der Waals surface area contributed by atoms with Crippen LogP contribution < -0.4 is 5.32 Å². The van der Waals surface area contributed by atoms with Crippen molar-refractivity contribution >= 4 is 22.7 Å². The van der Waals surface area contributed by atoms with Crippen LogP contribution in [0.5, 0.6) is 0 Å². The summed E-state index contributed by atoms with van der Waals surface area (Å²) in [5.41, 5.74) is 5.16. The van der Waals surface area contributed by atoms with Crippen molar-refractivity contribution < 1.29 is 14.0 Å². The van der Waals surface area contributed by atoms with Gasteiger partial charge in [-0.15, -0.1) is 0 Å². The third-order valence-corrected chi connectivity index (χ3v) is 6.81. The van der Waals surface area contributed by atoms with Crippen molar-refractivity contribution in [3.8, 4) is 0 Å². The Morgan fingerprint density at radius 1 is 1.03 bits per heavy atom. The first-order chi connectivity index (χ1) is 16.1. The Kier molecular flexibility index (Phi) is 4.54. The van der Waals surface area contributed by atoms with E-state index in [1.807, 2.05) is 42.5 Å². The van der Waals surface area contributed by atoms with Crippen LogP contribution in [0.2, 0.25) is 0 Å². The van der Waals surface area contributed by atoms with Gasteiger partial charge in [0.05, 0.1) is 6.04 Å². The highest BCUT2D eigenvalue weighted by Gasteiger charge is 2.48. The molecule has 3 aromatic carbocycles. The Balaban J connectivity index is 1.35. The molecule has 33 heavy (non-hydrogen) atoms. The number of benzene rings is 3. The smallest absolute Gasteiger partial charge is 0.255 e. The zero-order chi connectivity index (χ0) is 22.5. The summed E-state index contributed by atoms with van der Waals surface area (Å²) in [7, 11) is 0. The molecule has 2 amide bonds. The van der Waals surface area contributed by atoms with Crippen molar-refractivity contribution in [2.24, 2.45) is 0 Å². The number of aromatic nitrogens is 1. The Hall–Kier alpha value is -3.93. The van der Waals surface area contributed by atoms with Gasteiger partial charge in [-0.3, -0.25) is 9.59 Å². The third kappa shape index (κ3) is 3.05. The van der Waals surface area contributed by atoms with Crippen molar-refractivity contribution in [1.82, 2.24) is 15.2 Å². The molecule has 0 radical (unpaired) electrons. The van der Waals surface area contributed by atoms with Crippen LogP contribution in [0.15, 0.2) is 72.8 Å². The maximum atomic E-state index is 14.0. The highest BCUT2D eigenvalue weighted by atomic mass is 19.1. The molecule has 6 rings (SSSR count). The average molecular weight is 439 g/mol. The number of carbonyl (C=O) groups is 2. The van der Waals surface area contributed by atoms with Crippen molar-refractivity contribution in [3.05, 3.63) is 107 Å². The average Bonchev–Trinajstić information content (AvgIpc) is 3.35. The number of amides is 2. The van der Waals surface area contributed by atoms with Crippen molar-refractivity contribution in [3.63, 3.8) is 0 Å². The maximum absolute atomic E-state index is 14.0. The van der Waals surface area contributed by atoms with Crippen LogP contribution in [0.1, 0.15) is 38.8 Å². The van der Waals surface area contributed by atoms with Gasteiger partial charge >= 0.3 is 0 Å². The second-order valence-electron chi connectivity index (χ2n) is 8.62. The normalized spacial score (nSPS) is 18.7. The van der Waals surface area contributed by atoms with Gasteiger partial charge in [-0.05, 0) is 41.3 Å². The lowest BCUT2D eigenvalue weighted by atomic mass is 9.90. The number of fused-ring (bicyclic) bond motifs is 7. The first kappa shape index (κ1) is 19.7. The van der Waals surface area contributed by atoms with E-state index in [0.717, 1.165) is 27.7 Å². The van der Waals surface area contributed by atoms with Gasteiger partial charge in [-0.1, -0.05) is 54.6 Å². The standard InChI is InChI=1S/C27H22FN3O2/c28-21-11-5-1-7-16(21)13-14-29-26(32)23-15-20-17-8-4-6-12-22(17)30-24(20)25-18-9-2-3-10-19(18)27(33)31(23)25/h1-12,23,25,30H,13-15H2,(H,29,32)/t23-,25-/m0/s1. The van der Waals surface area contributed by atoms with Gasteiger partial charge in [-0.2, -0.15) is 0 Å². The molecule has 164 valence electrons. The molecule has 1 aromatic heterocycles. The van der Waals surface area contributed by atoms with Gasteiger partial charge < -0.3 is 15.2 Å². The maximum Gasteiger partial charge on any atom is 0.255 e. The van der Waals surface area contributed by atoms with E-state index in [1.54, 1.807) is 23.1 Å². The SMILES string of the molecule is O=C(NCCc1ccccc1F)[C@@H]1Cc2c([nH]c3ccccc23)[C@@H]2c3ccccc3C(=O)N21. The number of hydrogen-bond acceptors (Lipinski definition) is 2. The van der Waals surface area contributed by atoms with Crippen LogP contribution >= 0.6 is 0 Å². The second-order valence-corrected chi connectivity index (χ2v) is 8.62. The van der Waals surface area contributed by atoms with Gasteiger partial charge in [0.1, 0.15) is 11.9 Å². The summed E-state index contributed by atoms with van der Waals surface area (Å²) in [6, 6.07) is 21.2. The van der Waals surface area contributed by atoms with Gasteiger partial charge in [0.25, 0.3) is 5.91 Å². The molecule has 2 aliphatic heterocycles. The number of nitrogens with zero attached hydrogens (tertiary/aromatic N) is 1. The minimum Gasteiger partial charge on any atom is -0.356 e. The molecule has 0 fully saturated rings. The fourth-order valence-corrected chi connectivity index (χ4v) is 5.28. The van der Waals surface area contributed by atoms with E-state index in [1.165, 1.54) is 6.07 Å². The summed E-state index contributed by atoms with van der Waals surface area (Å²) >= 11 is 0. The van der Waals surface area contributed by atoms with Crippen LogP contribution in [0, 0.1) is 5.82 Å². The Morgan fingerprint density at radius 3 is 2.67 bits per heavy atom. The van der Waals surface area contributed by atoms with Gasteiger partial charge in [0.2, 0.25) is 5.91 Å². The van der Waals surface area contributed by atoms with Gasteiger partial charge in [-0.25, -0.2) is 4.39 Å². The molecule has 0 bridgehead atoms. The molecule has 6 heteroatoms. The van der Waals surface area contributed by atoms with E-state index in [9.17, 15) is 14.0 Å². The van der Waals surface area contributed by atoms with E-state index in [2.05, 4.69) is 16.4 Å². The molecule has 0 aliphatic carbocycles. The number of halogens is 1. The summed E-state index contributed by atoms with van der Waals surface area (Å²) in [5.74, 6) is -0.624. The molecule has 2 aliphatic rings. The highest BCUT2D eigenvalue weighted by Crippen LogP contribution is 2.46. The van der Waals surface area contributed by atoms with Crippen LogP contribution in [0.3, 0.4) is 0 Å². The minimum absolute atomic E-state index is 0.130. The summed E-state index contributed by atoms with van der Waals surface area (Å²) in [5, 5.41) is 4.03. The highest BCUT2D eigenvalue weighted by molar-refractivity contribution is 6.03. The summed E-state index contributed by atoms with van der Waals surface area (Å²) in [6.45, 7) is 0.302.